The number of benzene rings is 1. The number of methoxy groups -OCH3 is 1. The summed E-state index contributed by atoms with van der Waals surface area (Å²) in [6.07, 6.45) is 7.77. The number of aromatic nitrogens is 1. The van der Waals surface area contributed by atoms with E-state index in [0.29, 0.717) is 12.3 Å². The summed E-state index contributed by atoms with van der Waals surface area (Å²) in [5, 5.41) is 4.53. The molecule has 1 aromatic heterocycles. The van der Waals surface area contributed by atoms with Gasteiger partial charge in [0.1, 0.15) is 11.4 Å². The molecule has 1 aromatic carbocycles. The second kappa shape index (κ2) is 9.20. The Morgan fingerprint density at radius 2 is 2.04 bits per heavy atom. The number of amides is 1. The van der Waals surface area contributed by atoms with Crippen LogP contribution in [0.2, 0.25) is 0 Å². The number of anilines is 1. The summed E-state index contributed by atoms with van der Waals surface area (Å²) < 4.78 is 32.3. The van der Waals surface area contributed by atoms with Crippen LogP contribution in [0.1, 0.15) is 42.6 Å². The van der Waals surface area contributed by atoms with Gasteiger partial charge in [0.25, 0.3) is 15.9 Å². The molecule has 0 atom stereocenters. The predicted octanol–water partition coefficient (Wildman–Crippen LogP) is 3.57. The molecule has 7 nitrogen and oxygen atoms in total. The second-order valence-electron chi connectivity index (χ2n) is 6.43. The molecule has 2 aromatic rings. The van der Waals surface area contributed by atoms with Gasteiger partial charge in [0, 0.05) is 11.9 Å². The molecule has 3 rings (SSSR count). The Morgan fingerprint density at radius 3 is 2.71 bits per heavy atom. The Labute approximate surface area is 168 Å². The maximum Gasteiger partial charge on any atom is 0.270 e. The molecule has 0 aliphatic heterocycles. The lowest BCUT2D eigenvalue weighted by molar-refractivity contribution is 0.0950. The molecule has 1 aliphatic carbocycles. The monoisotopic (exact) mass is 421 g/mol. The van der Waals surface area contributed by atoms with Crippen LogP contribution in [0.15, 0.2) is 46.2 Å². The number of hydrogen-bond acceptors (Lipinski definition) is 6. The van der Waals surface area contributed by atoms with E-state index in [9.17, 15) is 13.2 Å². The van der Waals surface area contributed by atoms with Crippen LogP contribution < -0.4 is 14.8 Å². The van der Waals surface area contributed by atoms with E-state index < -0.39 is 10.0 Å². The van der Waals surface area contributed by atoms with Gasteiger partial charge in [-0.3, -0.25) is 9.52 Å². The van der Waals surface area contributed by atoms with Crippen LogP contribution in [-0.4, -0.2) is 33.0 Å². The van der Waals surface area contributed by atoms with Crippen molar-refractivity contribution in [3.05, 3.63) is 47.0 Å². The van der Waals surface area contributed by atoms with Crippen LogP contribution in [0, 0.1) is 0 Å². The van der Waals surface area contributed by atoms with Gasteiger partial charge in [0.2, 0.25) is 0 Å². The van der Waals surface area contributed by atoms with Crippen molar-refractivity contribution in [1.82, 2.24) is 10.3 Å². The first-order valence-corrected chi connectivity index (χ1v) is 11.4. The summed E-state index contributed by atoms with van der Waals surface area (Å²) in [6, 6.07) is 6.03. The average Bonchev–Trinajstić information content (AvgIpc) is 3.16. The third-order valence-electron chi connectivity index (χ3n) is 4.44. The lowest BCUT2D eigenvalue weighted by atomic mass is 9.97. The summed E-state index contributed by atoms with van der Waals surface area (Å²) in [7, 11) is -2.27. The third-order valence-corrected chi connectivity index (χ3v) is 6.69. The number of sulfonamides is 1. The summed E-state index contributed by atoms with van der Waals surface area (Å²) in [4.78, 5) is 16.4. The standard InChI is InChI=1S/C19H23N3O4S2/c1-26-15-7-9-16(10-8-15)28(24,25)22-19-21-17(13-27-19)18(23)20-12-11-14-5-3-2-4-6-14/h5,7-10,13H,2-4,6,11-12H2,1H3,(H,20,23)(H,21,22). The van der Waals surface area contributed by atoms with E-state index in [1.165, 1.54) is 37.7 Å². The Bertz CT molecular complexity index is 950. The molecule has 0 bridgehead atoms. The predicted molar refractivity (Wildman–Crippen MR) is 109 cm³/mol. The molecular weight excluding hydrogens is 398 g/mol. The molecule has 0 saturated heterocycles. The number of carbonyl (C=O) groups excluding carboxylic acids is 1. The van der Waals surface area contributed by atoms with Crippen molar-refractivity contribution < 1.29 is 17.9 Å². The van der Waals surface area contributed by atoms with Crippen molar-refractivity contribution >= 4 is 32.4 Å². The van der Waals surface area contributed by atoms with Crippen molar-refractivity contribution in [2.45, 2.75) is 37.0 Å². The average molecular weight is 422 g/mol. The highest BCUT2D eigenvalue weighted by atomic mass is 32.2. The summed E-state index contributed by atoms with van der Waals surface area (Å²) in [6.45, 7) is 0.551. The first-order chi connectivity index (χ1) is 13.5. The highest BCUT2D eigenvalue weighted by molar-refractivity contribution is 7.93. The molecule has 9 heteroatoms. The molecule has 2 N–H and O–H groups in total. The second-order valence-corrected chi connectivity index (χ2v) is 8.97. The van der Waals surface area contributed by atoms with Crippen molar-refractivity contribution in [1.29, 1.82) is 0 Å². The number of thiazole rings is 1. The minimum absolute atomic E-state index is 0.0928. The first kappa shape index (κ1) is 20.3. The maximum absolute atomic E-state index is 12.4. The fourth-order valence-electron chi connectivity index (χ4n) is 2.91. The number of ether oxygens (including phenoxy) is 1. The van der Waals surface area contributed by atoms with Gasteiger partial charge in [0.05, 0.1) is 12.0 Å². The van der Waals surface area contributed by atoms with Crippen LogP contribution in [0.5, 0.6) is 5.75 Å². The van der Waals surface area contributed by atoms with E-state index in [1.54, 1.807) is 17.5 Å². The number of carbonyl (C=O) groups is 1. The van der Waals surface area contributed by atoms with Gasteiger partial charge >= 0.3 is 0 Å². The highest BCUT2D eigenvalue weighted by Crippen LogP contribution is 2.22. The molecule has 0 spiro atoms. The quantitative estimate of drug-likeness (QED) is 0.635. The fraction of sp³-hybridized carbons (Fsp3) is 0.368. The van der Waals surface area contributed by atoms with Crippen molar-refractivity contribution in [2.24, 2.45) is 0 Å². The Morgan fingerprint density at radius 1 is 1.25 bits per heavy atom. The van der Waals surface area contributed by atoms with E-state index in [0.717, 1.165) is 30.6 Å². The third kappa shape index (κ3) is 5.32. The van der Waals surface area contributed by atoms with E-state index in [1.807, 2.05) is 0 Å². The lowest BCUT2D eigenvalue weighted by Crippen LogP contribution is -2.25. The fourth-order valence-corrected chi connectivity index (χ4v) is 4.86. The summed E-state index contributed by atoms with van der Waals surface area (Å²) >= 11 is 1.07. The van der Waals surface area contributed by atoms with E-state index in [4.69, 9.17) is 4.74 Å². The molecule has 1 aliphatic rings. The van der Waals surface area contributed by atoms with Crippen LogP contribution in [-0.2, 0) is 10.0 Å². The van der Waals surface area contributed by atoms with Gasteiger partial charge < -0.3 is 10.1 Å². The molecule has 0 saturated carbocycles. The van der Waals surface area contributed by atoms with Crippen molar-refractivity contribution in [2.75, 3.05) is 18.4 Å². The molecule has 0 radical (unpaired) electrons. The highest BCUT2D eigenvalue weighted by Gasteiger charge is 2.18. The van der Waals surface area contributed by atoms with Gasteiger partial charge in [-0.1, -0.05) is 11.6 Å². The van der Waals surface area contributed by atoms with Crippen LogP contribution in [0.4, 0.5) is 5.13 Å². The van der Waals surface area contributed by atoms with E-state index >= 15 is 0 Å². The van der Waals surface area contributed by atoms with Crippen LogP contribution in [0.3, 0.4) is 0 Å². The number of allylic oxidation sites excluding steroid dienone is 1. The van der Waals surface area contributed by atoms with Gasteiger partial charge in [-0.05, 0) is 56.4 Å². The number of hydrogen-bond donors (Lipinski definition) is 2. The molecule has 0 unspecified atom stereocenters. The van der Waals surface area contributed by atoms with Crippen molar-refractivity contribution in [3.8, 4) is 5.75 Å². The van der Waals surface area contributed by atoms with Gasteiger partial charge in [0.15, 0.2) is 5.13 Å². The van der Waals surface area contributed by atoms with Crippen LogP contribution in [0.25, 0.3) is 0 Å². The summed E-state index contributed by atoms with van der Waals surface area (Å²) in [5.74, 6) is 0.263. The zero-order valence-electron chi connectivity index (χ0n) is 15.6. The summed E-state index contributed by atoms with van der Waals surface area (Å²) in [5.41, 5.74) is 1.59. The Balaban J connectivity index is 1.56. The molecule has 1 heterocycles. The molecule has 1 amide bonds. The smallest absolute Gasteiger partial charge is 0.270 e. The van der Waals surface area contributed by atoms with Crippen molar-refractivity contribution in [3.63, 3.8) is 0 Å². The van der Waals surface area contributed by atoms with E-state index in [-0.39, 0.29) is 21.6 Å². The number of rotatable bonds is 8. The Hall–Kier alpha value is -2.39. The minimum Gasteiger partial charge on any atom is -0.497 e. The zero-order valence-corrected chi connectivity index (χ0v) is 17.2. The van der Waals surface area contributed by atoms with Gasteiger partial charge in [-0.15, -0.1) is 11.3 Å². The zero-order chi connectivity index (χ0) is 20.0. The maximum atomic E-state index is 12.4. The largest absolute Gasteiger partial charge is 0.497 e. The molecule has 0 fully saturated rings. The molecule has 28 heavy (non-hydrogen) atoms. The van der Waals surface area contributed by atoms with Gasteiger partial charge in [-0.25, -0.2) is 13.4 Å². The Kier molecular flexibility index (Phi) is 6.69. The number of nitrogens with one attached hydrogen (secondary N) is 2. The normalized spacial score (nSPS) is 14.2. The molecular formula is C19H23N3O4S2. The topological polar surface area (TPSA) is 97.4 Å². The van der Waals surface area contributed by atoms with E-state index in [2.05, 4.69) is 21.1 Å². The van der Waals surface area contributed by atoms with Gasteiger partial charge in [-0.2, -0.15) is 0 Å². The SMILES string of the molecule is COc1ccc(S(=O)(=O)Nc2nc(C(=O)NCCC3=CCCCC3)cs2)cc1. The van der Waals surface area contributed by atoms with Crippen LogP contribution >= 0.6 is 11.3 Å². The lowest BCUT2D eigenvalue weighted by Gasteiger charge is -2.12. The number of nitrogens with zero attached hydrogens (tertiary/aromatic N) is 1. The minimum atomic E-state index is -3.78. The first-order valence-electron chi connectivity index (χ1n) is 9.06. The molecule has 150 valence electrons.